The number of pyridine rings is 1. The number of nitrogens with one attached hydrogen (secondary N) is 2. The number of aryl methyl sites for hydroxylation is 1. The molecule has 2 amide bonds. The molecule has 0 radical (unpaired) electrons. The second kappa shape index (κ2) is 8.08. The second-order valence-corrected chi connectivity index (χ2v) is 6.84. The highest BCUT2D eigenvalue weighted by Crippen LogP contribution is 2.22. The third-order valence-corrected chi connectivity index (χ3v) is 4.28. The van der Waals surface area contributed by atoms with Gasteiger partial charge in [0.15, 0.2) is 0 Å². The van der Waals surface area contributed by atoms with E-state index in [-0.39, 0.29) is 17.9 Å². The minimum absolute atomic E-state index is 0.0650. The molecule has 0 saturated carbocycles. The molecule has 2 aromatic carbocycles. The van der Waals surface area contributed by atoms with Crippen LogP contribution < -0.4 is 15.4 Å². The molecule has 0 spiro atoms. The maximum Gasteiger partial charge on any atom is 0.257 e. The van der Waals surface area contributed by atoms with Crippen LogP contribution in [0.3, 0.4) is 0 Å². The minimum Gasteiger partial charge on any atom is -0.497 e. The summed E-state index contributed by atoms with van der Waals surface area (Å²) in [5, 5.41) is 6.55. The number of carbonyl (C=O) groups excluding carboxylic acids is 2. The van der Waals surface area contributed by atoms with E-state index in [9.17, 15) is 9.59 Å². The number of hydrogen-bond donors (Lipinski definition) is 2. The summed E-state index contributed by atoms with van der Waals surface area (Å²) in [6.07, 6.45) is 0. The van der Waals surface area contributed by atoms with E-state index in [0.717, 1.165) is 16.7 Å². The van der Waals surface area contributed by atoms with Gasteiger partial charge in [-0.1, -0.05) is 0 Å². The molecule has 0 unspecified atom stereocenters. The fraction of sp³-hybridized carbons (Fsp3) is 0.227. The molecular formula is C22H23N3O3. The average Bonchev–Trinajstić information content (AvgIpc) is 2.66. The summed E-state index contributed by atoms with van der Waals surface area (Å²) < 4.78 is 5.22. The Morgan fingerprint density at radius 1 is 1.00 bits per heavy atom. The van der Waals surface area contributed by atoms with Crippen molar-refractivity contribution < 1.29 is 14.3 Å². The third-order valence-electron chi connectivity index (χ3n) is 4.28. The summed E-state index contributed by atoms with van der Waals surface area (Å²) in [5.41, 5.74) is 3.06. The van der Waals surface area contributed by atoms with E-state index in [4.69, 9.17) is 4.74 Å². The van der Waals surface area contributed by atoms with Crippen LogP contribution in [-0.4, -0.2) is 29.9 Å². The van der Waals surface area contributed by atoms with Crippen LogP contribution in [0.4, 0.5) is 5.69 Å². The first-order valence-corrected chi connectivity index (χ1v) is 9.05. The molecule has 144 valence electrons. The zero-order valence-corrected chi connectivity index (χ0v) is 16.4. The molecule has 6 heteroatoms. The summed E-state index contributed by atoms with van der Waals surface area (Å²) >= 11 is 0. The number of anilines is 1. The third kappa shape index (κ3) is 4.28. The highest BCUT2D eigenvalue weighted by Gasteiger charge is 2.13. The average molecular weight is 377 g/mol. The Morgan fingerprint density at radius 2 is 1.71 bits per heavy atom. The summed E-state index contributed by atoms with van der Waals surface area (Å²) in [5.74, 6) is 0.332. The molecule has 28 heavy (non-hydrogen) atoms. The normalized spacial score (nSPS) is 10.8. The van der Waals surface area contributed by atoms with Crippen molar-refractivity contribution in [2.24, 2.45) is 0 Å². The number of carbonyl (C=O) groups is 2. The van der Waals surface area contributed by atoms with Crippen molar-refractivity contribution >= 4 is 28.4 Å². The van der Waals surface area contributed by atoms with Crippen molar-refractivity contribution in [3.63, 3.8) is 0 Å². The quantitative estimate of drug-likeness (QED) is 0.706. The van der Waals surface area contributed by atoms with Gasteiger partial charge in [0.1, 0.15) is 5.75 Å². The predicted octanol–water partition coefficient (Wildman–Crippen LogP) is 3.94. The molecule has 1 heterocycles. The fourth-order valence-electron chi connectivity index (χ4n) is 2.85. The van der Waals surface area contributed by atoms with Gasteiger partial charge in [-0.05, 0) is 63.2 Å². The van der Waals surface area contributed by atoms with Gasteiger partial charge in [0.05, 0.1) is 23.9 Å². The van der Waals surface area contributed by atoms with Gasteiger partial charge in [0.2, 0.25) is 0 Å². The smallest absolute Gasteiger partial charge is 0.257 e. The van der Waals surface area contributed by atoms with Crippen LogP contribution in [0.2, 0.25) is 0 Å². The van der Waals surface area contributed by atoms with E-state index >= 15 is 0 Å². The Bertz CT molecular complexity index is 1030. The minimum atomic E-state index is -0.248. The Morgan fingerprint density at radius 3 is 2.36 bits per heavy atom. The molecular weight excluding hydrogens is 354 g/mol. The van der Waals surface area contributed by atoms with Gasteiger partial charge in [-0.2, -0.15) is 0 Å². The topological polar surface area (TPSA) is 80.3 Å². The van der Waals surface area contributed by atoms with E-state index in [1.165, 1.54) is 0 Å². The van der Waals surface area contributed by atoms with Crippen LogP contribution in [0.25, 0.3) is 10.9 Å². The van der Waals surface area contributed by atoms with E-state index in [1.807, 2.05) is 38.1 Å². The zero-order chi connectivity index (χ0) is 20.3. The SMILES string of the molecule is COc1ccc2cc(C(=O)Nc3ccc(C(=O)NC(C)C)cc3)c(C)nc2c1. The van der Waals surface area contributed by atoms with Crippen LogP contribution in [0, 0.1) is 6.92 Å². The van der Waals surface area contributed by atoms with Crippen molar-refractivity contribution in [1.29, 1.82) is 0 Å². The van der Waals surface area contributed by atoms with E-state index < -0.39 is 0 Å². The maximum atomic E-state index is 12.7. The van der Waals surface area contributed by atoms with E-state index in [0.29, 0.717) is 22.5 Å². The Labute approximate surface area is 163 Å². The first-order valence-electron chi connectivity index (χ1n) is 9.05. The number of aromatic nitrogens is 1. The molecule has 0 aliphatic heterocycles. The fourth-order valence-corrected chi connectivity index (χ4v) is 2.85. The molecule has 0 aliphatic carbocycles. The summed E-state index contributed by atoms with van der Waals surface area (Å²) in [6.45, 7) is 5.61. The lowest BCUT2D eigenvalue weighted by Gasteiger charge is -2.11. The molecule has 0 bridgehead atoms. The van der Waals surface area contributed by atoms with Crippen molar-refractivity contribution in [3.05, 3.63) is 65.4 Å². The van der Waals surface area contributed by atoms with Crippen molar-refractivity contribution in [2.45, 2.75) is 26.8 Å². The van der Waals surface area contributed by atoms with Crippen molar-refractivity contribution in [2.75, 3.05) is 12.4 Å². The molecule has 3 aromatic rings. The van der Waals surface area contributed by atoms with Gasteiger partial charge in [-0.3, -0.25) is 14.6 Å². The molecule has 6 nitrogen and oxygen atoms in total. The lowest BCUT2D eigenvalue weighted by atomic mass is 10.1. The number of ether oxygens (including phenoxy) is 1. The molecule has 1 aromatic heterocycles. The van der Waals surface area contributed by atoms with Crippen LogP contribution in [0.15, 0.2) is 48.5 Å². The number of rotatable bonds is 5. The number of methoxy groups -OCH3 is 1. The second-order valence-electron chi connectivity index (χ2n) is 6.84. The molecule has 0 aliphatic rings. The Balaban J connectivity index is 1.79. The largest absolute Gasteiger partial charge is 0.497 e. The van der Waals surface area contributed by atoms with Gasteiger partial charge >= 0.3 is 0 Å². The number of benzene rings is 2. The summed E-state index contributed by atoms with van der Waals surface area (Å²) in [7, 11) is 1.60. The first kappa shape index (κ1) is 19.4. The van der Waals surface area contributed by atoms with Gasteiger partial charge in [0, 0.05) is 28.7 Å². The maximum absolute atomic E-state index is 12.7. The highest BCUT2D eigenvalue weighted by atomic mass is 16.5. The molecule has 3 rings (SSSR count). The van der Waals surface area contributed by atoms with Gasteiger partial charge in [-0.15, -0.1) is 0 Å². The van der Waals surface area contributed by atoms with Crippen molar-refractivity contribution in [1.82, 2.24) is 10.3 Å². The van der Waals surface area contributed by atoms with Crippen molar-refractivity contribution in [3.8, 4) is 5.75 Å². The molecule has 0 saturated heterocycles. The van der Waals surface area contributed by atoms with Crippen LogP contribution >= 0.6 is 0 Å². The number of hydrogen-bond acceptors (Lipinski definition) is 4. The zero-order valence-electron chi connectivity index (χ0n) is 16.4. The Hall–Kier alpha value is -3.41. The van der Waals surface area contributed by atoms with Crippen LogP contribution in [0.1, 0.15) is 40.3 Å². The van der Waals surface area contributed by atoms with Gasteiger partial charge < -0.3 is 15.4 Å². The van der Waals surface area contributed by atoms with Gasteiger partial charge in [-0.25, -0.2) is 0 Å². The monoisotopic (exact) mass is 377 g/mol. The van der Waals surface area contributed by atoms with Crippen LogP contribution in [-0.2, 0) is 0 Å². The van der Waals surface area contributed by atoms with Crippen LogP contribution in [0.5, 0.6) is 5.75 Å². The molecule has 2 N–H and O–H groups in total. The summed E-state index contributed by atoms with van der Waals surface area (Å²) in [6, 6.07) is 14.2. The first-order chi connectivity index (χ1) is 13.4. The predicted molar refractivity (Wildman–Crippen MR) is 110 cm³/mol. The van der Waals surface area contributed by atoms with Gasteiger partial charge in [0.25, 0.3) is 11.8 Å². The number of fused-ring (bicyclic) bond motifs is 1. The summed E-state index contributed by atoms with van der Waals surface area (Å²) in [4.78, 5) is 29.2. The number of nitrogens with zero attached hydrogens (tertiary/aromatic N) is 1. The standard InChI is InChI=1S/C22H23N3O3/c1-13(2)23-21(26)15-5-8-17(9-6-15)25-22(27)19-11-16-7-10-18(28-4)12-20(16)24-14(19)3/h5-13H,1-4H3,(H,23,26)(H,25,27). The lowest BCUT2D eigenvalue weighted by molar-refractivity contribution is 0.0942. The lowest BCUT2D eigenvalue weighted by Crippen LogP contribution is -2.30. The molecule has 0 fully saturated rings. The highest BCUT2D eigenvalue weighted by molar-refractivity contribution is 6.07. The van der Waals surface area contributed by atoms with E-state index in [1.54, 1.807) is 38.3 Å². The number of amides is 2. The Kier molecular flexibility index (Phi) is 5.59. The molecule has 0 atom stereocenters. The van der Waals surface area contributed by atoms with E-state index in [2.05, 4.69) is 15.6 Å².